The minimum Gasteiger partial charge on any atom is -0.490 e. The predicted molar refractivity (Wildman–Crippen MR) is 104 cm³/mol. The quantitative estimate of drug-likeness (QED) is 0.717. The van der Waals surface area contributed by atoms with Crippen molar-refractivity contribution < 1.29 is 37.0 Å². The highest BCUT2D eigenvalue weighted by Gasteiger charge is 2.31. The molecule has 7 nitrogen and oxygen atoms in total. The van der Waals surface area contributed by atoms with E-state index in [2.05, 4.69) is 4.74 Å². The van der Waals surface area contributed by atoms with Gasteiger partial charge in [-0.1, -0.05) is 6.07 Å². The first-order valence-corrected chi connectivity index (χ1v) is 9.52. The van der Waals surface area contributed by atoms with E-state index in [4.69, 9.17) is 15.2 Å². The van der Waals surface area contributed by atoms with Crippen molar-refractivity contribution in [1.29, 1.82) is 0 Å². The fraction of sp³-hybridized carbons (Fsp3) is 0.333. The Morgan fingerprint density at radius 2 is 1.65 bits per heavy atom. The summed E-state index contributed by atoms with van der Waals surface area (Å²) in [6, 6.07) is 11.7. The number of benzene rings is 2. The lowest BCUT2D eigenvalue weighted by Crippen LogP contribution is -2.41. The van der Waals surface area contributed by atoms with Crippen LogP contribution in [0.25, 0.3) is 0 Å². The van der Waals surface area contributed by atoms with Crippen LogP contribution in [-0.4, -0.2) is 48.9 Å². The van der Waals surface area contributed by atoms with Crippen LogP contribution in [0.2, 0.25) is 0 Å². The van der Waals surface area contributed by atoms with E-state index in [0.29, 0.717) is 37.2 Å². The number of nitrogens with zero attached hydrogens (tertiary/aromatic N) is 1. The molecule has 0 bridgehead atoms. The summed E-state index contributed by atoms with van der Waals surface area (Å²) in [7, 11) is 0. The summed E-state index contributed by atoms with van der Waals surface area (Å²) in [6.07, 6.45) is -3.92. The van der Waals surface area contributed by atoms with Gasteiger partial charge in [-0.15, -0.1) is 13.2 Å². The maximum absolute atomic E-state index is 12.7. The molecule has 3 rings (SSSR count). The molecule has 1 fully saturated rings. The number of hydrogen-bond acceptors (Lipinski definition) is 5. The Kier molecular flexibility index (Phi) is 6.88. The number of carbonyl (C=O) groups excluding carboxylic acids is 2. The number of alkyl halides is 3. The monoisotopic (exact) mass is 438 g/mol. The first-order valence-electron chi connectivity index (χ1n) is 9.52. The van der Waals surface area contributed by atoms with Crippen molar-refractivity contribution >= 4 is 11.8 Å². The molecule has 1 aliphatic heterocycles. The molecule has 10 heteroatoms. The van der Waals surface area contributed by atoms with E-state index in [1.165, 1.54) is 18.2 Å². The van der Waals surface area contributed by atoms with Crippen LogP contribution in [0.1, 0.15) is 23.2 Å². The van der Waals surface area contributed by atoms with Gasteiger partial charge in [-0.25, -0.2) is 0 Å². The summed E-state index contributed by atoms with van der Waals surface area (Å²) >= 11 is 0. The van der Waals surface area contributed by atoms with Crippen LogP contribution in [0.3, 0.4) is 0 Å². The van der Waals surface area contributed by atoms with E-state index < -0.39 is 12.3 Å². The molecule has 0 aromatic heterocycles. The molecular weight excluding hydrogens is 417 g/mol. The van der Waals surface area contributed by atoms with Crippen LogP contribution in [0.4, 0.5) is 13.2 Å². The van der Waals surface area contributed by atoms with Gasteiger partial charge in [-0.3, -0.25) is 9.59 Å². The van der Waals surface area contributed by atoms with Crippen molar-refractivity contribution in [3.8, 4) is 17.2 Å². The first kappa shape index (κ1) is 22.3. The van der Waals surface area contributed by atoms with Gasteiger partial charge in [0.25, 0.3) is 11.8 Å². The Balaban J connectivity index is 1.51. The predicted octanol–water partition coefficient (Wildman–Crippen LogP) is 3.13. The van der Waals surface area contributed by atoms with Crippen LogP contribution >= 0.6 is 0 Å². The fourth-order valence-electron chi connectivity index (χ4n) is 3.14. The molecule has 2 aromatic carbocycles. The van der Waals surface area contributed by atoms with Gasteiger partial charge >= 0.3 is 6.36 Å². The molecule has 2 N–H and O–H groups in total. The molecule has 0 unspecified atom stereocenters. The Morgan fingerprint density at radius 3 is 2.26 bits per heavy atom. The molecule has 0 radical (unpaired) electrons. The largest absolute Gasteiger partial charge is 0.573 e. The molecule has 0 atom stereocenters. The van der Waals surface area contributed by atoms with Gasteiger partial charge < -0.3 is 24.8 Å². The number of carbonyl (C=O) groups is 2. The number of amides is 2. The summed E-state index contributed by atoms with van der Waals surface area (Å²) in [4.78, 5) is 25.1. The van der Waals surface area contributed by atoms with Crippen LogP contribution in [0.15, 0.2) is 48.5 Å². The average molecular weight is 438 g/mol. The maximum Gasteiger partial charge on any atom is 0.573 e. The fourth-order valence-corrected chi connectivity index (χ4v) is 3.14. The zero-order chi connectivity index (χ0) is 22.4. The Morgan fingerprint density at radius 1 is 1.00 bits per heavy atom. The second-order valence-electron chi connectivity index (χ2n) is 6.91. The number of halogens is 3. The summed E-state index contributed by atoms with van der Waals surface area (Å²) in [5, 5.41) is 0. The molecule has 1 heterocycles. The van der Waals surface area contributed by atoms with E-state index >= 15 is 0 Å². The van der Waals surface area contributed by atoms with Crippen molar-refractivity contribution in [2.24, 2.45) is 5.73 Å². The molecular formula is C21H21F3N2O5. The van der Waals surface area contributed by atoms with Crippen LogP contribution in [0, 0.1) is 0 Å². The number of rotatable bonds is 7. The van der Waals surface area contributed by atoms with Crippen LogP contribution < -0.4 is 19.9 Å². The third-order valence-electron chi connectivity index (χ3n) is 4.55. The van der Waals surface area contributed by atoms with E-state index in [1.54, 1.807) is 35.2 Å². The molecule has 0 saturated carbocycles. The Labute approximate surface area is 176 Å². The van der Waals surface area contributed by atoms with E-state index in [-0.39, 0.29) is 30.1 Å². The molecule has 166 valence electrons. The number of hydrogen-bond donors (Lipinski definition) is 1. The Hall–Kier alpha value is -3.43. The van der Waals surface area contributed by atoms with Crippen molar-refractivity contribution in [3.05, 3.63) is 54.1 Å². The van der Waals surface area contributed by atoms with Crippen molar-refractivity contribution in [2.45, 2.75) is 25.3 Å². The molecule has 2 amide bonds. The minimum absolute atomic E-state index is 0.152. The topological polar surface area (TPSA) is 91.1 Å². The third-order valence-corrected chi connectivity index (χ3v) is 4.55. The average Bonchev–Trinajstić information content (AvgIpc) is 2.72. The molecule has 1 aliphatic rings. The van der Waals surface area contributed by atoms with Crippen molar-refractivity contribution in [3.63, 3.8) is 0 Å². The number of ether oxygens (including phenoxy) is 3. The van der Waals surface area contributed by atoms with Crippen LogP contribution in [0.5, 0.6) is 17.2 Å². The van der Waals surface area contributed by atoms with Gasteiger partial charge in [0.2, 0.25) is 0 Å². The number of primary amides is 1. The maximum atomic E-state index is 12.7. The van der Waals surface area contributed by atoms with E-state index in [1.807, 2.05) is 0 Å². The Bertz CT molecular complexity index is 910. The lowest BCUT2D eigenvalue weighted by molar-refractivity contribution is -0.274. The summed E-state index contributed by atoms with van der Waals surface area (Å²) in [5.41, 5.74) is 5.50. The lowest BCUT2D eigenvalue weighted by atomic mass is 10.1. The highest BCUT2D eigenvalue weighted by Crippen LogP contribution is 2.28. The van der Waals surface area contributed by atoms with Gasteiger partial charge in [0, 0.05) is 37.6 Å². The normalized spacial score (nSPS) is 14.7. The van der Waals surface area contributed by atoms with Crippen molar-refractivity contribution in [1.82, 2.24) is 4.90 Å². The number of piperidine rings is 1. The molecule has 2 aromatic rings. The third kappa shape index (κ3) is 6.80. The van der Waals surface area contributed by atoms with Crippen LogP contribution in [-0.2, 0) is 4.79 Å². The van der Waals surface area contributed by atoms with Gasteiger partial charge in [-0.2, -0.15) is 0 Å². The highest BCUT2D eigenvalue weighted by molar-refractivity contribution is 5.94. The number of nitrogens with two attached hydrogens (primary N) is 1. The zero-order valence-corrected chi connectivity index (χ0v) is 16.4. The van der Waals surface area contributed by atoms with Gasteiger partial charge in [0.05, 0.1) is 0 Å². The highest BCUT2D eigenvalue weighted by atomic mass is 19.4. The van der Waals surface area contributed by atoms with E-state index in [9.17, 15) is 22.8 Å². The van der Waals surface area contributed by atoms with E-state index in [0.717, 1.165) is 0 Å². The van der Waals surface area contributed by atoms with Gasteiger partial charge in [0.1, 0.15) is 23.4 Å². The summed E-state index contributed by atoms with van der Waals surface area (Å²) < 4.78 is 51.9. The molecule has 0 spiro atoms. The summed E-state index contributed by atoms with van der Waals surface area (Å²) in [5.74, 6) is -0.386. The molecule has 1 saturated heterocycles. The number of likely N-dealkylation sites (tertiary alicyclic amines) is 1. The first-order chi connectivity index (χ1) is 14.7. The van der Waals surface area contributed by atoms with Gasteiger partial charge in [0.15, 0.2) is 6.61 Å². The molecule has 0 aliphatic carbocycles. The second-order valence-corrected chi connectivity index (χ2v) is 6.91. The second kappa shape index (κ2) is 9.59. The molecule has 31 heavy (non-hydrogen) atoms. The standard InChI is InChI=1S/C21H21F3N2O5/c22-21(23,24)31-18-3-1-2-17(12-18)30-16-8-10-26(11-9-16)20(28)14-4-6-15(7-5-14)29-13-19(25)27/h1-7,12,16H,8-11,13H2,(H2,25,27). The zero-order valence-electron chi connectivity index (χ0n) is 16.4. The van der Waals surface area contributed by atoms with Crippen molar-refractivity contribution in [2.75, 3.05) is 19.7 Å². The van der Waals surface area contributed by atoms with Gasteiger partial charge in [-0.05, 0) is 36.4 Å². The lowest BCUT2D eigenvalue weighted by Gasteiger charge is -2.32. The smallest absolute Gasteiger partial charge is 0.490 e. The minimum atomic E-state index is -4.77. The summed E-state index contributed by atoms with van der Waals surface area (Å²) in [6.45, 7) is 0.649. The SMILES string of the molecule is NC(=O)COc1ccc(C(=O)N2CCC(Oc3cccc(OC(F)(F)F)c3)CC2)cc1.